The second-order valence-electron chi connectivity index (χ2n) is 34.5. The molecule has 39 heteroatoms. The number of carbonyl (C=O) groups excluding carboxylic acids is 7. The molecule has 130 heavy (non-hydrogen) atoms. The zero-order valence-electron chi connectivity index (χ0n) is 71.2. The molecule has 0 aromatic heterocycles. The topological polar surface area (TPSA) is 571 Å². The molecule has 8 heterocycles. The number of hydrogen-bond acceptors (Lipinski definition) is 29. The monoisotopic (exact) mass is 1860 g/mol. The van der Waals surface area contributed by atoms with Gasteiger partial charge in [-0.3, -0.25) is 33.6 Å². The highest BCUT2D eigenvalue weighted by molar-refractivity contribution is 6.32. The molecule has 8 aliphatic rings. The molecule has 0 spiro atoms. The molecule has 0 radical (unpaired) electrons. The summed E-state index contributed by atoms with van der Waals surface area (Å²) in [5, 5.41) is 141. The summed E-state index contributed by atoms with van der Waals surface area (Å²) in [5.41, 5.74) is 9.34. The Labute approximate surface area is 759 Å². The molecule has 3 fully saturated rings. The number of primary amides is 1. The Morgan fingerprint density at radius 1 is 0.646 bits per heavy atom. The van der Waals surface area contributed by atoms with Crippen LogP contribution in [-0.2, 0) is 78.2 Å². The number of aliphatic carboxylic acids is 2. The van der Waals surface area contributed by atoms with Crippen LogP contribution in [0.1, 0.15) is 151 Å². The van der Waals surface area contributed by atoms with Crippen molar-refractivity contribution in [2.75, 3.05) is 13.2 Å². The molecule has 5 amide bonds. The summed E-state index contributed by atoms with van der Waals surface area (Å²) in [6.07, 6.45) is -27.5. The first-order valence-electron chi connectivity index (χ1n) is 41.9. The van der Waals surface area contributed by atoms with E-state index in [1.165, 1.54) is 58.0 Å². The number of carboxylic acid groups (broad SMARTS) is 2. The molecular formula is C91H102Cl3N7O29. The second kappa shape index (κ2) is 40.2. The molecule has 15 rings (SSSR count). The van der Waals surface area contributed by atoms with Crippen LogP contribution in [0.25, 0.3) is 22.3 Å². The predicted octanol–water partition coefficient (Wildman–Crippen LogP) is 6.99. The van der Waals surface area contributed by atoms with Gasteiger partial charge in [-0.25, -0.2) is 9.59 Å². The number of phenols is 3. The van der Waals surface area contributed by atoms with Crippen molar-refractivity contribution in [1.82, 2.24) is 26.6 Å². The van der Waals surface area contributed by atoms with E-state index in [1.54, 1.807) is 31.2 Å². The van der Waals surface area contributed by atoms with Gasteiger partial charge in [-0.05, 0) is 146 Å². The fourth-order valence-electron chi connectivity index (χ4n) is 17.1. The van der Waals surface area contributed by atoms with Crippen LogP contribution >= 0.6 is 34.8 Å². The number of amides is 5. The Morgan fingerprint density at radius 3 is 1.87 bits per heavy atom. The zero-order valence-corrected chi connectivity index (χ0v) is 73.5. The van der Waals surface area contributed by atoms with Crippen molar-refractivity contribution in [2.24, 2.45) is 29.2 Å². The number of phenolic OH excluding ortho intramolecular Hbond substituents is 3. The van der Waals surface area contributed by atoms with E-state index in [1.807, 2.05) is 38.1 Å². The van der Waals surface area contributed by atoms with Crippen LogP contribution in [0, 0.1) is 17.8 Å². The van der Waals surface area contributed by atoms with E-state index >= 15 is 24.0 Å². The van der Waals surface area contributed by atoms with Crippen molar-refractivity contribution < 1.29 is 142 Å². The number of ether oxygens (including phenoxy) is 9. The van der Waals surface area contributed by atoms with Crippen molar-refractivity contribution in [3.05, 3.63) is 176 Å². The number of nitrogens with two attached hydrogens (primary N) is 2. The lowest BCUT2D eigenvalue weighted by atomic mass is 9.84. The second-order valence-corrected chi connectivity index (χ2v) is 35.8. The molecule has 0 aliphatic carbocycles. The Hall–Kier alpha value is -10.7. The van der Waals surface area contributed by atoms with Gasteiger partial charge in [0.1, 0.15) is 77.4 Å². The van der Waals surface area contributed by atoms with E-state index < -0.39 is 292 Å². The first kappa shape index (κ1) is 96.8. The third-order valence-corrected chi connectivity index (χ3v) is 25.0. The van der Waals surface area contributed by atoms with Crippen LogP contribution in [-0.4, -0.2) is 219 Å². The van der Waals surface area contributed by atoms with Gasteiger partial charge in [0, 0.05) is 83.4 Å². The summed E-state index contributed by atoms with van der Waals surface area (Å²) in [7, 11) is 0. The van der Waals surface area contributed by atoms with Gasteiger partial charge >= 0.3 is 11.9 Å². The first-order chi connectivity index (χ1) is 61.5. The van der Waals surface area contributed by atoms with Gasteiger partial charge in [-0.15, -0.1) is 0 Å². The van der Waals surface area contributed by atoms with Gasteiger partial charge in [0.25, 0.3) is 0 Å². The predicted molar refractivity (Wildman–Crippen MR) is 462 cm³/mol. The maximum atomic E-state index is 16.7. The molecule has 7 aromatic carbocycles. The number of hydrogen-bond donors (Lipinski definition) is 18. The van der Waals surface area contributed by atoms with Crippen LogP contribution in [0.15, 0.2) is 127 Å². The van der Waals surface area contributed by atoms with Gasteiger partial charge in [0.05, 0.1) is 59.5 Å². The fraction of sp³-hybridized carbons (Fsp3) is 0.440. The standard InChI is InChI=1S/C91H102Cl3N7O29/c1-38(2)22-39(3)83(114)100-73-59(106)26-49(29-67(95)108)84(115)98-71-48-27-63(125-61-20-15-46(75(73)109)24-55(61)93)79(130-89-80(77(111)76(110)66(36-102)127-89)129-69-34-91(7,82(113)41(5)124-69)97-35-65(87(118)119)122-37-42-8-10-43(11-9-42)44-12-17-50(92)18-13-44)64(28-48)126-62-21-16-47(25-56(62)94)78(128-68-33-90(6,96)81(112)40(4)123-68)74-86(117)99-72(88(120)121)54-30-51(103)31-58(105)70(54)53-23-45(14-19-57(53)104)52(32-60(71)107)85(116)101-74/h8-21,23-25,27-28,30-31,38-41,49,52,65-66,68-69,71-78,80-82,89,97,102-105,109-113H,22,26,29,32-37,96H2,1-7H3,(H2,95,108)(H,98,115)(H,99,117)(H,100,114)(H,101,116)(H,118,119)(H,120,121)/t39-,40?,41?,49?,52?,65?,66?,68?,69?,71?,72?,73-,74+,75?,76?,77?,78-,80?,81?,82?,89?,90?,91?/m1/s1. The number of Topliss-reactive ketones (excluding diaryl/α,β-unsaturated/α-hetero) is 2. The first-order valence-corrected chi connectivity index (χ1v) is 43.1. The van der Waals surface area contributed by atoms with Crippen molar-refractivity contribution >= 4 is 87.8 Å². The molecule has 8 aliphatic heterocycles. The van der Waals surface area contributed by atoms with E-state index in [0.29, 0.717) is 10.6 Å². The molecule has 696 valence electrons. The Bertz CT molecular complexity index is 5440. The summed E-state index contributed by atoms with van der Waals surface area (Å²) in [4.78, 5) is 134. The Morgan fingerprint density at radius 2 is 1.26 bits per heavy atom. The van der Waals surface area contributed by atoms with Gasteiger partial charge in [-0.1, -0.05) is 110 Å². The van der Waals surface area contributed by atoms with Gasteiger partial charge in [-0.2, -0.15) is 0 Å². The average Bonchev–Trinajstić information content (AvgIpc) is 0.760. The number of aliphatic hydroxyl groups excluding tert-OH is 6. The van der Waals surface area contributed by atoms with E-state index in [9.17, 15) is 75.3 Å². The minimum atomic E-state index is -2.30. The zero-order chi connectivity index (χ0) is 94.1. The number of carbonyl (C=O) groups is 9. The molecule has 7 aromatic rings. The molecular weight excluding hydrogens is 1760 g/mol. The van der Waals surface area contributed by atoms with E-state index in [2.05, 4.69) is 26.6 Å². The SMILES string of the molecule is CC(C)C[C@@H](C)C(=O)N[C@@H]1C(=O)CC(CC(N)=O)C(=O)NC2C(=O)CC3C(=O)N[C@H](C(=O)NC(C(=O)O)c4cc(O)cc(O)c4-c4cc3ccc4O)[C@H](OC3CC(C)(N)C(O)C(C)O3)c3ccc(c(Cl)c3)Oc3cc2cc(c3OC2OC(CO)C(O)C(O)C2OC2CC(C)(NCC(OCc3ccc(-c4ccc(Cl)cc4)cc3)C(=O)O)C(O)C(C)O2)Oc2ccc(cc2Cl)C1O. The molecule has 23 atom stereocenters. The maximum Gasteiger partial charge on any atom is 0.334 e. The summed E-state index contributed by atoms with van der Waals surface area (Å²) in [6, 6.07) is 19.9. The molecule has 3 saturated heterocycles. The third kappa shape index (κ3) is 21.5. The largest absolute Gasteiger partial charge is 0.508 e. The number of aliphatic hydroxyl groups is 6. The van der Waals surface area contributed by atoms with Crippen LogP contribution in [0.5, 0.6) is 46.0 Å². The van der Waals surface area contributed by atoms with Gasteiger partial charge < -0.3 is 137 Å². The molecule has 36 nitrogen and oxygen atoms in total. The number of rotatable bonds is 22. The minimum absolute atomic E-state index is 0.0580. The summed E-state index contributed by atoms with van der Waals surface area (Å²) < 4.78 is 58.8. The number of aromatic hydroxyl groups is 3. The smallest absolute Gasteiger partial charge is 0.334 e. The number of halogens is 3. The Balaban J connectivity index is 0.986. The highest BCUT2D eigenvalue weighted by atomic mass is 35.5. The summed E-state index contributed by atoms with van der Waals surface area (Å²) >= 11 is 20.8. The lowest BCUT2D eigenvalue weighted by molar-refractivity contribution is -0.334. The number of benzene rings is 7. The van der Waals surface area contributed by atoms with Crippen LogP contribution in [0.2, 0.25) is 15.1 Å². The van der Waals surface area contributed by atoms with E-state index in [4.69, 9.17) is 88.9 Å². The fourth-order valence-corrected chi connectivity index (χ4v) is 17.7. The van der Waals surface area contributed by atoms with Crippen molar-refractivity contribution in [1.29, 1.82) is 0 Å². The van der Waals surface area contributed by atoms with Crippen LogP contribution in [0.4, 0.5) is 0 Å². The quantitative estimate of drug-likeness (QED) is 0.0325. The van der Waals surface area contributed by atoms with Crippen molar-refractivity contribution in [3.8, 4) is 68.2 Å². The lowest BCUT2D eigenvalue weighted by Crippen LogP contribution is -2.66. The normalized spacial score (nSPS) is 29.4. The molecule has 19 unspecified atom stereocenters. The van der Waals surface area contributed by atoms with Crippen LogP contribution < -0.4 is 52.3 Å². The number of nitrogens with one attached hydrogen (secondary N) is 5. The molecule has 0 saturated carbocycles. The van der Waals surface area contributed by atoms with Crippen LogP contribution in [0.3, 0.4) is 0 Å². The highest BCUT2D eigenvalue weighted by Gasteiger charge is 2.53. The number of carboxylic acids is 2. The number of ketones is 2. The molecule has 11 bridgehead atoms. The van der Waals surface area contributed by atoms with Gasteiger partial charge in [0.15, 0.2) is 53.9 Å². The third-order valence-electron chi connectivity index (χ3n) is 24.1. The average molecular weight is 1860 g/mol. The summed E-state index contributed by atoms with van der Waals surface area (Å²) in [5.74, 6) is -21.3. The minimum Gasteiger partial charge on any atom is -0.508 e. The van der Waals surface area contributed by atoms with E-state index in [-0.39, 0.29) is 59.2 Å². The lowest BCUT2D eigenvalue weighted by Gasteiger charge is -2.48. The number of fused-ring (bicyclic) bond motifs is 15. The Kier molecular flexibility index (Phi) is 29.9. The van der Waals surface area contributed by atoms with E-state index in [0.717, 1.165) is 59.7 Å². The van der Waals surface area contributed by atoms with Crippen molar-refractivity contribution in [3.63, 3.8) is 0 Å². The van der Waals surface area contributed by atoms with Crippen molar-refractivity contribution in [2.45, 2.75) is 221 Å². The maximum absolute atomic E-state index is 16.7. The molecule has 20 N–H and O–H groups in total. The van der Waals surface area contributed by atoms with Gasteiger partial charge in [0.2, 0.25) is 41.6 Å². The summed E-state index contributed by atoms with van der Waals surface area (Å²) in [6.45, 7) is 9.58. The highest BCUT2D eigenvalue weighted by Crippen LogP contribution is 2.51.